The largest absolute Gasteiger partial charge is 0.465 e. The normalized spacial score (nSPS) is 14.5. The van der Waals surface area contributed by atoms with Crippen LogP contribution in [0.4, 0.5) is 8.78 Å². The van der Waals surface area contributed by atoms with Crippen LogP contribution in [0.5, 0.6) is 0 Å². The van der Waals surface area contributed by atoms with Crippen LogP contribution in [-0.2, 0) is 30.7 Å². The predicted octanol–water partition coefficient (Wildman–Crippen LogP) is -0.378. The molecule has 1 unspecified atom stereocenters. The number of rotatable bonds is 6. The monoisotopic (exact) mass is 282 g/mol. The van der Waals surface area contributed by atoms with Gasteiger partial charge in [-0.05, 0) is 6.42 Å². The second-order valence-electron chi connectivity index (χ2n) is 2.51. The SMILES string of the molecule is O=C(OCCCS(=O)O)C(F)(F)S(=O)(=O)O. The highest BCUT2D eigenvalue weighted by Crippen LogP contribution is 2.22. The summed E-state index contributed by atoms with van der Waals surface area (Å²) in [6.45, 7) is -0.657. The summed E-state index contributed by atoms with van der Waals surface area (Å²) in [4.78, 5) is 10.5. The Bertz CT molecular complexity index is 376. The molecule has 0 aliphatic heterocycles. The van der Waals surface area contributed by atoms with E-state index in [2.05, 4.69) is 4.74 Å². The molecule has 96 valence electrons. The van der Waals surface area contributed by atoms with Crippen molar-refractivity contribution in [1.82, 2.24) is 0 Å². The number of carbonyl (C=O) groups excluding carboxylic acids is 1. The van der Waals surface area contributed by atoms with Gasteiger partial charge >= 0.3 is 21.3 Å². The topological polar surface area (TPSA) is 118 Å². The lowest BCUT2D eigenvalue weighted by Crippen LogP contribution is -2.39. The van der Waals surface area contributed by atoms with Crippen LogP contribution in [0.2, 0.25) is 0 Å². The molecule has 0 aliphatic rings. The van der Waals surface area contributed by atoms with Crippen LogP contribution in [0.15, 0.2) is 0 Å². The molecule has 11 heteroatoms. The summed E-state index contributed by atoms with van der Waals surface area (Å²) < 4.78 is 75.2. The van der Waals surface area contributed by atoms with Crippen LogP contribution in [0.25, 0.3) is 0 Å². The van der Waals surface area contributed by atoms with Crippen molar-refractivity contribution in [3.8, 4) is 0 Å². The van der Waals surface area contributed by atoms with Gasteiger partial charge in [0.2, 0.25) is 0 Å². The third kappa shape index (κ3) is 4.47. The fraction of sp³-hybridized carbons (Fsp3) is 0.800. The van der Waals surface area contributed by atoms with Gasteiger partial charge in [0.05, 0.1) is 12.4 Å². The molecule has 0 fully saturated rings. The molecule has 0 bridgehead atoms. The van der Waals surface area contributed by atoms with Crippen molar-refractivity contribution in [2.75, 3.05) is 12.4 Å². The van der Waals surface area contributed by atoms with Gasteiger partial charge < -0.3 is 9.29 Å². The molecule has 7 nitrogen and oxygen atoms in total. The van der Waals surface area contributed by atoms with E-state index in [4.69, 9.17) is 9.11 Å². The third-order valence-corrected chi connectivity index (χ3v) is 2.71. The van der Waals surface area contributed by atoms with Crippen molar-refractivity contribution >= 4 is 27.2 Å². The molecule has 16 heavy (non-hydrogen) atoms. The van der Waals surface area contributed by atoms with Gasteiger partial charge in [-0.3, -0.25) is 4.55 Å². The van der Waals surface area contributed by atoms with Crippen LogP contribution in [0.1, 0.15) is 6.42 Å². The van der Waals surface area contributed by atoms with E-state index in [0.717, 1.165) is 0 Å². The Morgan fingerprint density at radius 1 is 1.44 bits per heavy atom. The number of halogens is 2. The number of ether oxygens (including phenoxy) is 1. The molecule has 0 radical (unpaired) electrons. The molecule has 2 N–H and O–H groups in total. The zero-order chi connectivity index (χ0) is 13.0. The third-order valence-electron chi connectivity index (χ3n) is 1.26. The molecule has 0 aromatic carbocycles. The molecular formula is C5H8F2O7S2. The predicted molar refractivity (Wildman–Crippen MR) is 47.7 cm³/mol. The molecule has 1 atom stereocenters. The smallest absolute Gasteiger partial charge is 0.460 e. The average molecular weight is 282 g/mol. The standard InChI is InChI=1S/C5H8F2O7S2/c6-5(7,16(11,12)13)4(8)14-2-1-3-15(9)10/h1-3H2,(H,9,10)(H,11,12,13). The van der Waals surface area contributed by atoms with Gasteiger partial charge in [-0.2, -0.15) is 17.2 Å². The summed E-state index contributed by atoms with van der Waals surface area (Å²) in [5.74, 6) is -2.75. The Morgan fingerprint density at radius 2 is 1.94 bits per heavy atom. The van der Waals surface area contributed by atoms with E-state index in [1.165, 1.54) is 0 Å². The maximum Gasteiger partial charge on any atom is 0.465 e. The molecule has 0 heterocycles. The first-order chi connectivity index (χ1) is 7.09. The van der Waals surface area contributed by atoms with Crippen LogP contribution in [0.3, 0.4) is 0 Å². The van der Waals surface area contributed by atoms with Gasteiger partial charge in [-0.25, -0.2) is 9.00 Å². The van der Waals surface area contributed by atoms with E-state index in [1.54, 1.807) is 0 Å². The van der Waals surface area contributed by atoms with E-state index >= 15 is 0 Å². The van der Waals surface area contributed by atoms with Gasteiger partial charge in [0.15, 0.2) is 11.1 Å². The van der Waals surface area contributed by atoms with Crippen LogP contribution in [0, 0.1) is 0 Å². The summed E-state index contributed by atoms with van der Waals surface area (Å²) in [5, 5.41) is -5.04. The Labute approximate surface area is 91.8 Å². The number of alkyl halides is 2. The second-order valence-corrected chi connectivity index (χ2v) is 5.02. The first-order valence-corrected chi connectivity index (χ1v) is 6.40. The van der Waals surface area contributed by atoms with Gasteiger partial charge in [0, 0.05) is 0 Å². The Morgan fingerprint density at radius 3 is 2.31 bits per heavy atom. The molecule has 0 aromatic rings. The first kappa shape index (κ1) is 15.3. The number of carbonyl (C=O) groups is 1. The fourth-order valence-corrected chi connectivity index (χ4v) is 1.17. The van der Waals surface area contributed by atoms with Crippen molar-refractivity contribution in [2.45, 2.75) is 11.7 Å². The van der Waals surface area contributed by atoms with Gasteiger partial charge in [0.1, 0.15) is 0 Å². The van der Waals surface area contributed by atoms with Gasteiger partial charge in [0.25, 0.3) is 0 Å². The molecule has 0 saturated carbocycles. The van der Waals surface area contributed by atoms with Crippen molar-refractivity contribution < 1.29 is 40.0 Å². The van der Waals surface area contributed by atoms with Crippen molar-refractivity contribution in [2.24, 2.45) is 0 Å². The zero-order valence-corrected chi connectivity index (χ0v) is 9.26. The van der Waals surface area contributed by atoms with E-state index in [0.29, 0.717) is 0 Å². The molecule has 0 aliphatic carbocycles. The lowest BCUT2D eigenvalue weighted by Gasteiger charge is -2.11. The van der Waals surface area contributed by atoms with E-state index in [-0.39, 0.29) is 12.2 Å². The van der Waals surface area contributed by atoms with E-state index in [9.17, 15) is 26.2 Å². The minimum Gasteiger partial charge on any atom is -0.460 e. The molecule has 0 aromatic heterocycles. The molecule has 0 spiro atoms. The highest BCUT2D eigenvalue weighted by Gasteiger charge is 2.54. The lowest BCUT2D eigenvalue weighted by atomic mass is 10.5. The first-order valence-electron chi connectivity index (χ1n) is 3.68. The average Bonchev–Trinajstić information content (AvgIpc) is 2.09. The summed E-state index contributed by atoms with van der Waals surface area (Å²) in [5.41, 5.74) is 0. The van der Waals surface area contributed by atoms with Crippen molar-refractivity contribution in [1.29, 1.82) is 0 Å². The van der Waals surface area contributed by atoms with E-state index in [1.807, 2.05) is 0 Å². The van der Waals surface area contributed by atoms with Crippen molar-refractivity contribution in [3.63, 3.8) is 0 Å². The van der Waals surface area contributed by atoms with Crippen LogP contribution < -0.4 is 0 Å². The second kappa shape index (κ2) is 5.61. The van der Waals surface area contributed by atoms with Crippen molar-refractivity contribution in [3.05, 3.63) is 0 Å². The molecule has 0 saturated heterocycles. The number of hydrogen-bond acceptors (Lipinski definition) is 5. The maximum atomic E-state index is 12.5. The van der Waals surface area contributed by atoms with Crippen LogP contribution >= 0.6 is 0 Å². The summed E-state index contributed by atoms with van der Waals surface area (Å²) in [7, 11) is -5.87. The van der Waals surface area contributed by atoms with Crippen LogP contribution in [-0.4, -0.2) is 45.3 Å². The summed E-state index contributed by atoms with van der Waals surface area (Å²) >= 11 is -2.16. The zero-order valence-electron chi connectivity index (χ0n) is 7.63. The van der Waals surface area contributed by atoms with E-state index < -0.39 is 39.0 Å². The highest BCUT2D eigenvalue weighted by molar-refractivity contribution is 7.87. The summed E-state index contributed by atoms with van der Waals surface area (Å²) in [6, 6.07) is 0. The van der Waals surface area contributed by atoms with Gasteiger partial charge in [-0.1, -0.05) is 0 Å². The fourth-order valence-electron chi connectivity index (χ4n) is 0.537. The minimum absolute atomic E-state index is 0.198. The Hall–Kier alpha value is -0.650. The summed E-state index contributed by atoms with van der Waals surface area (Å²) in [6.07, 6.45) is -0.198. The quantitative estimate of drug-likeness (QED) is 0.295. The van der Waals surface area contributed by atoms with Gasteiger partial charge in [-0.15, -0.1) is 0 Å². The number of hydrogen-bond donors (Lipinski definition) is 2. The maximum absolute atomic E-state index is 12.5. The molecular weight excluding hydrogens is 274 g/mol. The highest BCUT2D eigenvalue weighted by atomic mass is 32.2. The Balaban J connectivity index is 4.23. The number of esters is 1. The Kier molecular flexibility index (Phi) is 5.38. The minimum atomic E-state index is -5.87. The molecule has 0 rings (SSSR count). The molecule has 0 amide bonds. The lowest BCUT2D eigenvalue weighted by molar-refractivity contribution is -0.161.